The summed E-state index contributed by atoms with van der Waals surface area (Å²) in [6, 6.07) is 7.73. The third-order valence-corrected chi connectivity index (χ3v) is 4.06. The predicted molar refractivity (Wildman–Crippen MR) is 62.5 cm³/mol. The highest BCUT2D eigenvalue weighted by molar-refractivity contribution is 6.83. The Bertz CT molecular complexity index is 299. The minimum Gasteiger partial charge on any atom is -0.428 e. The smallest absolute Gasteiger partial charge is 0.213 e. The molecule has 0 unspecified atom stereocenters. The Morgan fingerprint density at radius 3 is 1.87 bits per heavy atom. The van der Waals surface area contributed by atoms with Crippen molar-refractivity contribution in [3.8, 4) is 0 Å². The summed E-state index contributed by atoms with van der Waals surface area (Å²) in [7, 11) is 1.01. The van der Waals surface area contributed by atoms with Gasteiger partial charge in [0, 0.05) is 19.8 Å². The molecular weight excluding hydrogens is 208 g/mol. The molecule has 0 heterocycles. The van der Waals surface area contributed by atoms with Crippen molar-refractivity contribution in [1.82, 2.24) is 0 Å². The summed E-state index contributed by atoms with van der Waals surface area (Å²) in [5.74, 6) is 0. The van der Waals surface area contributed by atoms with E-state index in [4.69, 9.17) is 9.47 Å². The number of ether oxygens (including phenoxy) is 2. The van der Waals surface area contributed by atoms with Crippen LogP contribution < -0.4 is 5.19 Å². The van der Waals surface area contributed by atoms with Gasteiger partial charge in [0.2, 0.25) is 8.32 Å². The molecule has 0 bridgehead atoms. The zero-order valence-corrected chi connectivity index (χ0v) is 10.7. The molecule has 1 aromatic rings. The summed E-state index contributed by atoms with van der Waals surface area (Å²) in [5, 5.41) is 1.01. The highest BCUT2D eigenvalue weighted by Gasteiger charge is 2.20. The molecule has 1 rings (SSSR count). The zero-order chi connectivity index (χ0) is 11.5. The molecule has 0 saturated carbocycles. The van der Waals surface area contributed by atoms with Gasteiger partial charge < -0.3 is 14.3 Å². The molecule has 84 valence electrons. The van der Waals surface area contributed by atoms with Crippen molar-refractivity contribution in [2.24, 2.45) is 0 Å². The van der Waals surface area contributed by atoms with Gasteiger partial charge in [-0.05, 0) is 18.3 Å². The van der Waals surface area contributed by atoms with E-state index in [-0.39, 0.29) is 6.29 Å². The van der Waals surface area contributed by atoms with Crippen molar-refractivity contribution in [3.05, 3.63) is 29.8 Å². The van der Waals surface area contributed by atoms with Crippen LogP contribution in [0.3, 0.4) is 0 Å². The predicted octanol–water partition coefficient (Wildman–Crippen LogP) is 1.38. The molecule has 0 aliphatic rings. The third kappa shape index (κ3) is 3.14. The van der Waals surface area contributed by atoms with Crippen molar-refractivity contribution in [3.63, 3.8) is 0 Å². The average Bonchev–Trinajstić information content (AvgIpc) is 2.19. The van der Waals surface area contributed by atoms with E-state index in [1.807, 2.05) is 37.4 Å². The van der Waals surface area contributed by atoms with E-state index >= 15 is 0 Å². The lowest BCUT2D eigenvalue weighted by molar-refractivity contribution is -0.106. The highest BCUT2D eigenvalue weighted by Crippen LogP contribution is 2.16. The highest BCUT2D eigenvalue weighted by atomic mass is 28.4. The SMILES string of the molecule is COC(OC)c1ccc([Si](C)(C)O)cc1. The van der Waals surface area contributed by atoms with Crippen LogP contribution in [0.15, 0.2) is 24.3 Å². The Labute approximate surface area is 91.8 Å². The van der Waals surface area contributed by atoms with Crippen LogP contribution in [-0.2, 0) is 9.47 Å². The number of rotatable bonds is 4. The fourth-order valence-electron chi connectivity index (χ4n) is 1.42. The maximum atomic E-state index is 9.91. The van der Waals surface area contributed by atoms with Crippen LogP contribution in [0, 0.1) is 0 Å². The van der Waals surface area contributed by atoms with Gasteiger partial charge in [-0.15, -0.1) is 0 Å². The second-order valence-corrected chi connectivity index (χ2v) is 7.68. The van der Waals surface area contributed by atoms with Crippen LogP contribution in [0.25, 0.3) is 0 Å². The van der Waals surface area contributed by atoms with Crippen molar-refractivity contribution in [2.75, 3.05) is 14.2 Å². The summed E-state index contributed by atoms with van der Waals surface area (Å²) in [6.07, 6.45) is -0.331. The standard InChI is InChI=1S/C11H18O3Si/c1-13-11(14-2)9-5-7-10(8-6-9)15(3,4)12/h5-8,11-12H,1-4H3. The van der Waals surface area contributed by atoms with E-state index in [2.05, 4.69) is 0 Å². The zero-order valence-electron chi connectivity index (χ0n) is 9.65. The molecule has 0 fully saturated rings. The fourth-order valence-corrected chi connectivity index (χ4v) is 2.40. The van der Waals surface area contributed by atoms with E-state index in [0.29, 0.717) is 0 Å². The normalized spacial score (nSPS) is 12.1. The largest absolute Gasteiger partial charge is 0.428 e. The van der Waals surface area contributed by atoms with Gasteiger partial charge in [0.15, 0.2) is 6.29 Å². The van der Waals surface area contributed by atoms with E-state index < -0.39 is 8.32 Å². The Morgan fingerprint density at radius 2 is 1.53 bits per heavy atom. The second kappa shape index (κ2) is 4.89. The molecule has 1 aromatic carbocycles. The van der Waals surface area contributed by atoms with Gasteiger partial charge in [0.25, 0.3) is 0 Å². The van der Waals surface area contributed by atoms with E-state index in [9.17, 15) is 4.80 Å². The Kier molecular flexibility index (Phi) is 4.04. The lowest BCUT2D eigenvalue weighted by Gasteiger charge is -2.17. The lowest BCUT2D eigenvalue weighted by atomic mass is 10.2. The quantitative estimate of drug-likeness (QED) is 0.623. The van der Waals surface area contributed by atoms with E-state index in [1.165, 1.54) is 0 Å². The monoisotopic (exact) mass is 226 g/mol. The summed E-state index contributed by atoms with van der Waals surface area (Å²) in [6.45, 7) is 3.79. The van der Waals surface area contributed by atoms with Crippen LogP contribution in [-0.4, -0.2) is 27.3 Å². The van der Waals surface area contributed by atoms with Gasteiger partial charge in [-0.25, -0.2) is 0 Å². The minimum atomic E-state index is -2.19. The summed E-state index contributed by atoms with van der Waals surface area (Å²) < 4.78 is 10.3. The summed E-state index contributed by atoms with van der Waals surface area (Å²) in [4.78, 5) is 9.91. The minimum absolute atomic E-state index is 0.331. The molecule has 0 aromatic heterocycles. The molecule has 0 saturated heterocycles. The maximum absolute atomic E-state index is 9.91. The molecule has 15 heavy (non-hydrogen) atoms. The van der Waals surface area contributed by atoms with Crippen LogP contribution in [0.1, 0.15) is 11.9 Å². The first-order valence-corrected chi connectivity index (χ1v) is 7.82. The molecular formula is C11H18O3Si. The van der Waals surface area contributed by atoms with Crippen LogP contribution in [0.4, 0.5) is 0 Å². The van der Waals surface area contributed by atoms with E-state index in [1.54, 1.807) is 14.2 Å². The van der Waals surface area contributed by atoms with Gasteiger partial charge >= 0.3 is 0 Å². The topological polar surface area (TPSA) is 38.7 Å². The lowest BCUT2D eigenvalue weighted by Crippen LogP contribution is -2.41. The Morgan fingerprint density at radius 1 is 1.07 bits per heavy atom. The average molecular weight is 226 g/mol. The van der Waals surface area contributed by atoms with Gasteiger partial charge in [-0.2, -0.15) is 0 Å². The summed E-state index contributed by atoms with van der Waals surface area (Å²) >= 11 is 0. The fraction of sp³-hybridized carbons (Fsp3) is 0.455. The first-order valence-electron chi connectivity index (χ1n) is 4.87. The summed E-state index contributed by atoms with van der Waals surface area (Å²) in [5.41, 5.74) is 0.960. The number of hydrogen-bond acceptors (Lipinski definition) is 3. The van der Waals surface area contributed by atoms with Gasteiger partial charge in [-0.1, -0.05) is 24.3 Å². The molecule has 3 nitrogen and oxygen atoms in total. The van der Waals surface area contributed by atoms with Crippen molar-refractivity contribution < 1.29 is 14.3 Å². The van der Waals surface area contributed by atoms with E-state index in [0.717, 1.165) is 10.8 Å². The molecule has 0 aliphatic carbocycles. The molecule has 0 spiro atoms. The molecule has 0 radical (unpaired) electrons. The van der Waals surface area contributed by atoms with Crippen LogP contribution in [0.5, 0.6) is 0 Å². The second-order valence-electron chi connectivity index (χ2n) is 3.98. The first-order chi connectivity index (χ1) is 6.99. The molecule has 1 N–H and O–H groups in total. The number of benzene rings is 1. The number of hydrogen-bond donors (Lipinski definition) is 1. The third-order valence-electron chi connectivity index (χ3n) is 2.32. The van der Waals surface area contributed by atoms with Gasteiger partial charge in [0.1, 0.15) is 0 Å². The Hall–Kier alpha value is -0.683. The van der Waals surface area contributed by atoms with Crippen molar-refractivity contribution >= 4 is 13.5 Å². The maximum Gasteiger partial charge on any atom is 0.213 e. The van der Waals surface area contributed by atoms with Crippen molar-refractivity contribution in [2.45, 2.75) is 19.4 Å². The Balaban J connectivity index is 2.89. The molecule has 0 atom stereocenters. The van der Waals surface area contributed by atoms with Gasteiger partial charge in [-0.3, -0.25) is 0 Å². The van der Waals surface area contributed by atoms with Crippen LogP contribution >= 0.6 is 0 Å². The van der Waals surface area contributed by atoms with Crippen LogP contribution in [0.2, 0.25) is 13.1 Å². The van der Waals surface area contributed by atoms with Gasteiger partial charge in [0.05, 0.1) is 0 Å². The molecule has 0 aliphatic heterocycles. The molecule has 0 amide bonds. The first kappa shape index (κ1) is 12.4. The number of methoxy groups -OCH3 is 2. The molecule has 4 heteroatoms. The van der Waals surface area contributed by atoms with Crippen molar-refractivity contribution in [1.29, 1.82) is 0 Å².